The van der Waals surface area contributed by atoms with E-state index < -0.39 is 17.9 Å². The van der Waals surface area contributed by atoms with E-state index >= 15 is 0 Å². The van der Waals surface area contributed by atoms with Crippen LogP contribution in [0.15, 0.2) is 17.1 Å². The summed E-state index contributed by atoms with van der Waals surface area (Å²) in [6.07, 6.45) is 0.956. The van der Waals surface area contributed by atoms with Gasteiger partial charge in [-0.25, -0.2) is 0 Å². The van der Waals surface area contributed by atoms with Gasteiger partial charge in [-0.2, -0.15) is 0 Å². The molecule has 1 amide bonds. The van der Waals surface area contributed by atoms with Crippen LogP contribution in [0.3, 0.4) is 0 Å². The first-order valence-corrected chi connectivity index (χ1v) is 5.17. The Morgan fingerprint density at radius 2 is 1.78 bits per heavy atom. The fourth-order valence-electron chi connectivity index (χ4n) is 0.643. The monoisotopic (exact) mass is 259 g/mol. The lowest BCUT2D eigenvalue weighted by Crippen LogP contribution is -2.30. The van der Waals surface area contributed by atoms with Gasteiger partial charge in [0, 0.05) is 12.1 Å². The largest absolute Gasteiger partial charge is 0.480 e. The van der Waals surface area contributed by atoms with E-state index in [-0.39, 0.29) is 5.96 Å². The van der Waals surface area contributed by atoms with E-state index in [2.05, 4.69) is 11.6 Å². The number of nitrogens with zero attached hydrogens (tertiary/aromatic N) is 1. The first-order chi connectivity index (χ1) is 8.18. The van der Waals surface area contributed by atoms with Crippen LogP contribution in [0.1, 0.15) is 19.8 Å². The molecule has 0 heterocycles. The highest BCUT2D eigenvalue weighted by Gasteiger charge is 2.09. The minimum absolute atomic E-state index is 0.0129. The van der Waals surface area contributed by atoms with Crippen molar-refractivity contribution in [2.45, 2.75) is 25.8 Å². The molecule has 0 radical (unpaired) electrons. The van der Waals surface area contributed by atoms with Gasteiger partial charge in [-0.1, -0.05) is 6.58 Å². The predicted octanol–water partition coefficient (Wildman–Crippen LogP) is -1.50. The van der Waals surface area contributed by atoms with Crippen LogP contribution in [0.25, 0.3) is 0 Å². The van der Waals surface area contributed by atoms with Gasteiger partial charge in [-0.15, -0.1) is 0 Å². The predicted molar refractivity (Wildman–Crippen MR) is 69.5 cm³/mol. The average molecular weight is 259 g/mol. The molecular formula is C10H21N5O3. The number of primary amides is 1. The van der Waals surface area contributed by atoms with Crippen molar-refractivity contribution in [1.29, 1.82) is 0 Å². The van der Waals surface area contributed by atoms with Crippen molar-refractivity contribution >= 4 is 17.8 Å². The second-order valence-electron chi connectivity index (χ2n) is 3.54. The van der Waals surface area contributed by atoms with Gasteiger partial charge in [0.2, 0.25) is 5.91 Å². The second kappa shape index (κ2) is 10.1. The number of amides is 1. The number of hydrogen-bond donors (Lipinski definition) is 5. The van der Waals surface area contributed by atoms with Crippen LogP contribution < -0.4 is 22.9 Å². The van der Waals surface area contributed by atoms with Gasteiger partial charge in [0.05, 0.1) is 0 Å². The first-order valence-electron chi connectivity index (χ1n) is 5.17. The summed E-state index contributed by atoms with van der Waals surface area (Å²) in [4.78, 5) is 23.7. The number of hydrogen-bond acceptors (Lipinski definition) is 4. The van der Waals surface area contributed by atoms with E-state index in [1.807, 2.05) is 0 Å². The van der Waals surface area contributed by atoms with Crippen molar-refractivity contribution in [3.05, 3.63) is 12.2 Å². The maximum Gasteiger partial charge on any atom is 0.320 e. The average Bonchev–Trinajstić information content (AvgIpc) is 2.24. The molecule has 0 saturated carbocycles. The van der Waals surface area contributed by atoms with Crippen LogP contribution in [0.5, 0.6) is 0 Å². The number of nitrogens with two attached hydrogens (primary N) is 4. The third-order valence-corrected chi connectivity index (χ3v) is 1.71. The molecule has 0 aliphatic carbocycles. The number of carboxylic acids is 1. The zero-order chi connectivity index (χ0) is 14.7. The third kappa shape index (κ3) is 13.9. The summed E-state index contributed by atoms with van der Waals surface area (Å²) in [7, 11) is 0. The molecule has 0 aliphatic heterocycles. The Balaban J connectivity index is 0. The molecule has 0 fully saturated rings. The van der Waals surface area contributed by atoms with Gasteiger partial charge in [-0.05, 0) is 19.8 Å². The van der Waals surface area contributed by atoms with Gasteiger partial charge in [0.1, 0.15) is 6.04 Å². The molecular weight excluding hydrogens is 238 g/mol. The van der Waals surface area contributed by atoms with Crippen molar-refractivity contribution in [3.63, 3.8) is 0 Å². The number of carbonyl (C=O) groups excluding carboxylic acids is 1. The Hall–Kier alpha value is -2.09. The van der Waals surface area contributed by atoms with Crippen molar-refractivity contribution in [3.8, 4) is 0 Å². The van der Waals surface area contributed by atoms with Gasteiger partial charge in [0.15, 0.2) is 5.96 Å². The number of aliphatic imine (C=N–C) groups is 1. The van der Waals surface area contributed by atoms with E-state index in [9.17, 15) is 9.59 Å². The Kier molecular flexibility index (Phi) is 10.2. The molecule has 0 aliphatic rings. The van der Waals surface area contributed by atoms with Gasteiger partial charge in [0.25, 0.3) is 0 Å². The molecule has 9 N–H and O–H groups in total. The van der Waals surface area contributed by atoms with E-state index in [0.29, 0.717) is 25.0 Å². The maximum absolute atomic E-state index is 10.2. The Morgan fingerprint density at radius 3 is 2.06 bits per heavy atom. The van der Waals surface area contributed by atoms with Gasteiger partial charge >= 0.3 is 5.97 Å². The quantitative estimate of drug-likeness (QED) is 0.168. The molecule has 8 nitrogen and oxygen atoms in total. The lowest BCUT2D eigenvalue weighted by molar-refractivity contribution is -0.138. The minimum atomic E-state index is -1.00. The maximum atomic E-state index is 10.2. The Labute approximate surface area is 106 Å². The van der Waals surface area contributed by atoms with E-state index in [1.54, 1.807) is 6.92 Å². The lowest BCUT2D eigenvalue weighted by Gasteiger charge is -2.03. The van der Waals surface area contributed by atoms with Crippen LogP contribution in [0.4, 0.5) is 0 Å². The molecule has 0 aromatic rings. The molecule has 0 bridgehead atoms. The van der Waals surface area contributed by atoms with Crippen LogP contribution in [-0.2, 0) is 9.59 Å². The van der Waals surface area contributed by atoms with Crippen LogP contribution in [-0.4, -0.2) is 35.5 Å². The number of carbonyl (C=O) groups is 2. The molecule has 104 valence electrons. The molecule has 0 spiro atoms. The molecule has 0 aromatic heterocycles. The number of carboxylic acid groups (broad SMARTS) is 1. The summed E-state index contributed by atoms with van der Waals surface area (Å²) in [6.45, 7) is 5.27. The number of guanidine groups is 1. The van der Waals surface area contributed by atoms with Crippen molar-refractivity contribution in [2.75, 3.05) is 6.54 Å². The van der Waals surface area contributed by atoms with E-state index in [1.165, 1.54) is 0 Å². The van der Waals surface area contributed by atoms with Crippen molar-refractivity contribution in [1.82, 2.24) is 0 Å². The smallest absolute Gasteiger partial charge is 0.320 e. The molecule has 0 saturated heterocycles. The number of rotatable bonds is 6. The lowest BCUT2D eigenvalue weighted by atomic mass is 10.2. The third-order valence-electron chi connectivity index (χ3n) is 1.71. The van der Waals surface area contributed by atoms with Crippen molar-refractivity contribution in [2.24, 2.45) is 27.9 Å². The fraction of sp³-hybridized carbons (Fsp3) is 0.500. The highest BCUT2D eigenvalue weighted by molar-refractivity contribution is 5.90. The zero-order valence-electron chi connectivity index (χ0n) is 10.4. The zero-order valence-corrected chi connectivity index (χ0v) is 10.4. The minimum Gasteiger partial charge on any atom is -0.480 e. The number of aliphatic carboxylic acids is 1. The fourth-order valence-corrected chi connectivity index (χ4v) is 0.643. The SMILES string of the molecule is C=C(C)C(N)=O.NC(N)=NCCC[C@H](N)C(=O)O. The highest BCUT2D eigenvalue weighted by atomic mass is 16.4. The van der Waals surface area contributed by atoms with Crippen LogP contribution in [0.2, 0.25) is 0 Å². The summed E-state index contributed by atoms with van der Waals surface area (Å²) in [5, 5.41) is 8.38. The first kappa shape index (κ1) is 18.3. The highest BCUT2D eigenvalue weighted by Crippen LogP contribution is 1.94. The van der Waals surface area contributed by atoms with E-state index in [0.717, 1.165) is 0 Å². The van der Waals surface area contributed by atoms with Gasteiger partial charge in [-0.3, -0.25) is 14.6 Å². The molecule has 0 unspecified atom stereocenters. The summed E-state index contributed by atoms with van der Waals surface area (Å²) < 4.78 is 0. The Bertz CT molecular complexity index is 311. The van der Waals surface area contributed by atoms with Crippen molar-refractivity contribution < 1.29 is 14.7 Å². The summed E-state index contributed by atoms with van der Waals surface area (Å²) in [6, 6.07) is -0.820. The second-order valence-corrected chi connectivity index (χ2v) is 3.54. The molecule has 0 rings (SSSR count). The topological polar surface area (TPSA) is 171 Å². The van der Waals surface area contributed by atoms with Gasteiger partial charge < -0.3 is 28.0 Å². The summed E-state index contributed by atoms with van der Waals surface area (Å²) in [5.74, 6) is -1.42. The Morgan fingerprint density at radius 1 is 1.33 bits per heavy atom. The molecule has 8 heteroatoms. The molecule has 0 aromatic carbocycles. The normalized spacial score (nSPS) is 10.6. The van der Waals surface area contributed by atoms with Crippen LogP contribution in [0, 0.1) is 0 Å². The molecule has 18 heavy (non-hydrogen) atoms. The summed E-state index contributed by atoms with van der Waals surface area (Å²) >= 11 is 0. The molecule has 1 atom stereocenters. The standard InChI is InChI=1S/C6H14N4O2.C4H7NO/c7-4(5(11)12)2-1-3-10-6(8)9;1-3(2)4(5)6/h4H,1-3,7H2,(H,11,12)(H4,8,9,10);1H2,2H3,(H2,5,6)/t4-;/m0./s1. The van der Waals surface area contributed by atoms with E-state index in [4.69, 9.17) is 28.0 Å². The van der Waals surface area contributed by atoms with Crippen LogP contribution >= 0.6 is 0 Å². The summed E-state index contributed by atoms with van der Waals surface area (Å²) in [5.41, 5.74) is 20.4.